The van der Waals surface area contributed by atoms with Crippen LogP contribution in [-0.2, 0) is 14.4 Å². The summed E-state index contributed by atoms with van der Waals surface area (Å²) in [6.45, 7) is 2.51. The predicted octanol–water partition coefficient (Wildman–Crippen LogP) is 2.42. The number of rotatable bonds is 9. The second-order valence-electron chi connectivity index (χ2n) is 5.22. The van der Waals surface area contributed by atoms with Gasteiger partial charge in [-0.25, -0.2) is 9.18 Å². The van der Waals surface area contributed by atoms with Crippen LogP contribution in [0.4, 0.5) is 4.39 Å². The average Bonchev–Trinajstić information content (AvgIpc) is 2.53. The first-order chi connectivity index (χ1) is 11.3. The van der Waals surface area contributed by atoms with Crippen LogP contribution in [0.1, 0.15) is 44.2 Å². The highest BCUT2D eigenvalue weighted by molar-refractivity contribution is 6.30. The molecule has 132 valence electrons. The van der Waals surface area contributed by atoms with Crippen molar-refractivity contribution < 1.29 is 23.9 Å². The maximum atomic E-state index is 13.5. The van der Waals surface area contributed by atoms with E-state index in [1.54, 1.807) is 0 Å². The molecule has 1 aromatic carbocycles. The zero-order valence-electron chi connectivity index (χ0n) is 13.3. The smallest absolute Gasteiger partial charge is 0.330 e. The first-order valence-electron chi connectivity index (χ1n) is 7.59. The summed E-state index contributed by atoms with van der Waals surface area (Å²) in [7, 11) is 0. The van der Waals surface area contributed by atoms with Gasteiger partial charge in [0.05, 0.1) is 5.02 Å². The number of halogens is 2. The monoisotopic (exact) mass is 358 g/mol. The van der Waals surface area contributed by atoms with E-state index in [0.29, 0.717) is 13.0 Å². The molecular weight excluding hydrogens is 339 g/mol. The van der Waals surface area contributed by atoms with Crippen LogP contribution in [-0.4, -0.2) is 29.4 Å². The fourth-order valence-electron chi connectivity index (χ4n) is 1.98. The van der Waals surface area contributed by atoms with Crippen molar-refractivity contribution in [2.75, 3.05) is 6.54 Å². The Bertz CT molecular complexity index is 610. The van der Waals surface area contributed by atoms with Crippen LogP contribution in [0.25, 0.3) is 0 Å². The fourth-order valence-corrected chi connectivity index (χ4v) is 2.09. The van der Waals surface area contributed by atoms with Gasteiger partial charge < -0.3 is 15.7 Å². The summed E-state index contributed by atoms with van der Waals surface area (Å²) >= 11 is 5.56. The van der Waals surface area contributed by atoms with Crippen molar-refractivity contribution in [1.29, 1.82) is 0 Å². The largest absolute Gasteiger partial charge is 0.479 e. The van der Waals surface area contributed by atoms with Crippen LogP contribution < -0.4 is 10.6 Å². The van der Waals surface area contributed by atoms with Crippen LogP contribution in [0, 0.1) is 5.82 Å². The Morgan fingerprint density at radius 1 is 1.25 bits per heavy atom. The lowest BCUT2D eigenvalue weighted by Crippen LogP contribution is -2.34. The van der Waals surface area contributed by atoms with E-state index < -0.39 is 23.7 Å². The third kappa shape index (κ3) is 6.54. The molecule has 0 aliphatic carbocycles. The van der Waals surface area contributed by atoms with Crippen LogP contribution in [0.2, 0.25) is 5.02 Å². The fraction of sp³-hybridized carbons (Fsp3) is 0.438. The maximum absolute atomic E-state index is 13.5. The first-order valence-corrected chi connectivity index (χ1v) is 7.96. The van der Waals surface area contributed by atoms with Gasteiger partial charge in [0.25, 0.3) is 0 Å². The molecule has 0 radical (unpaired) electrons. The second kappa shape index (κ2) is 9.87. The van der Waals surface area contributed by atoms with Gasteiger partial charge in [-0.2, -0.15) is 0 Å². The highest BCUT2D eigenvalue weighted by Gasteiger charge is 2.23. The minimum atomic E-state index is -1.38. The molecule has 1 aromatic rings. The summed E-state index contributed by atoms with van der Waals surface area (Å²) in [4.78, 5) is 34.6. The number of nitrogens with one attached hydrogen (secondary N) is 2. The molecule has 8 heteroatoms. The van der Waals surface area contributed by atoms with Gasteiger partial charge in [-0.15, -0.1) is 0 Å². The Morgan fingerprint density at radius 3 is 2.50 bits per heavy atom. The van der Waals surface area contributed by atoms with E-state index >= 15 is 0 Å². The van der Waals surface area contributed by atoms with Gasteiger partial charge in [-0.1, -0.05) is 24.6 Å². The minimum absolute atomic E-state index is 0.000598. The van der Waals surface area contributed by atoms with Crippen molar-refractivity contribution in [3.8, 4) is 0 Å². The molecule has 0 saturated carbocycles. The molecule has 0 bridgehead atoms. The van der Waals surface area contributed by atoms with Gasteiger partial charge in [-0.05, 0) is 30.5 Å². The van der Waals surface area contributed by atoms with E-state index in [1.807, 2.05) is 6.92 Å². The van der Waals surface area contributed by atoms with Gasteiger partial charge in [0.2, 0.25) is 11.8 Å². The molecule has 0 aliphatic heterocycles. The minimum Gasteiger partial charge on any atom is -0.479 e. The van der Waals surface area contributed by atoms with Gasteiger partial charge in [0, 0.05) is 19.4 Å². The Morgan fingerprint density at radius 2 is 1.92 bits per heavy atom. The van der Waals surface area contributed by atoms with Crippen LogP contribution >= 0.6 is 11.6 Å². The number of benzene rings is 1. The lowest BCUT2D eigenvalue weighted by atomic mass is 10.1. The molecule has 0 heterocycles. The van der Waals surface area contributed by atoms with Crippen molar-refractivity contribution in [3.63, 3.8) is 0 Å². The zero-order valence-corrected chi connectivity index (χ0v) is 14.0. The van der Waals surface area contributed by atoms with Crippen LogP contribution in [0.5, 0.6) is 0 Å². The van der Waals surface area contributed by atoms with Gasteiger partial charge in [0.1, 0.15) is 5.82 Å². The molecule has 0 aliphatic rings. The highest BCUT2D eigenvalue weighted by Crippen LogP contribution is 2.20. The standard InChI is InChI=1S/C16H20ClFN2O4/c1-2-8-19-13(21)4-3-5-14(22)20-15(16(23)24)10-6-7-11(17)12(18)9-10/h6-7,9,15H,2-5,8H2,1H3,(H,19,21)(H,20,22)(H,23,24). The number of aliphatic carboxylic acids is 1. The number of amides is 2. The van der Waals surface area contributed by atoms with Gasteiger partial charge in [-0.3, -0.25) is 9.59 Å². The molecule has 3 N–H and O–H groups in total. The van der Waals surface area contributed by atoms with Crippen LogP contribution in [0.3, 0.4) is 0 Å². The molecule has 1 rings (SSSR count). The molecule has 0 aromatic heterocycles. The SMILES string of the molecule is CCCNC(=O)CCCC(=O)NC(C(=O)O)c1ccc(Cl)c(F)c1. The van der Waals surface area contributed by atoms with Crippen LogP contribution in [0.15, 0.2) is 18.2 Å². The normalized spacial score (nSPS) is 11.6. The van der Waals surface area contributed by atoms with Gasteiger partial charge >= 0.3 is 5.97 Å². The van der Waals surface area contributed by atoms with Crippen molar-refractivity contribution in [3.05, 3.63) is 34.6 Å². The number of hydrogen-bond donors (Lipinski definition) is 3. The van der Waals surface area contributed by atoms with E-state index in [1.165, 1.54) is 12.1 Å². The first kappa shape index (κ1) is 19.9. The van der Waals surface area contributed by atoms with Crippen molar-refractivity contribution in [2.45, 2.75) is 38.6 Å². The van der Waals surface area contributed by atoms with Crippen molar-refractivity contribution >= 4 is 29.4 Å². The molecule has 1 unspecified atom stereocenters. The Kier molecular flexibility index (Phi) is 8.18. The number of carbonyl (C=O) groups is 3. The third-order valence-corrected chi connectivity index (χ3v) is 3.52. The van der Waals surface area contributed by atoms with Gasteiger partial charge in [0.15, 0.2) is 6.04 Å². The van der Waals surface area contributed by atoms with E-state index in [-0.39, 0.29) is 29.3 Å². The van der Waals surface area contributed by atoms with E-state index in [9.17, 15) is 23.9 Å². The number of carboxylic acid groups (broad SMARTS) is 1. The zero-order chi connectivity index (χ0) is 18.1. The Labute approximate surface area is 144 Å². The van der Waals surface area contributed by atoms with E-state index in [4.69, 9.17) is 11.6 Å². The summed E-state index contributed by atoms with van der Waals surface area (Å²) in [6, 6.07) is 2.16. The lowest BCUT2D eigenvalue weighted by molar-refractivity contribution is -0.142. The third-order valence-electron chi connectivity index (χ3n) is 3.21. The Balaban J connectivity index is 2.56. The molecule has 0 fully saturated rings. The summed E-state index contributed by atoms with van der Waals surface area (Å²) in [6.07, 6.45) is 1.30. The number of carbonyl (C=O) groups excluding carboxylic acids is 2. The summed E-state index contributed by atoms with van der Waals surface area (Å²) in [5, 5.41) is 14.1. The molecular formula is C16H20ClFN2O4. The summed E-state index contributed by atoms with van der Waals surface area (Å²) in [5.74, 6) is -2.76. The molecule has 1 atom stereocenters. The number of hydrogen-bond acceptors (Lipinski definition) is 3. The quantitative estimate of drug-likeness (QED) is 0.631. The van der Waals surface area contributed by atoms with Crippen molar-refractivity contribution in [2.24, 2.45) is 0 Å². The second-order valence-corrected chi connectivity index (χ2v) is 5.62. The molecule has 24 heavy (non-hydrogen) atoms. The number of carboxylic acids is 1. The lowest BCUT2D eigenvalue weighted by Gasteiger charge is -2.15. The average molecular weight is 359 g/mol. The Hall–Kier alpha value is -2.15. The molecule has 0 spiro atoms. The molecule has 0 saturated heterocycles. The summed E-state index contributed by atoms with van der Waals surface area (Å²) < 4.78 is 13.5. The predicted molar refractivity (Wildman–Crippen MR) is 87.1 cm³/mol. The maximum Gasteiger partial charge on any atom is 0.330 e. The summed E-state index contributed by atoms with van der Waals surface area (Å²) in [5.41, 5.74) is 0.0819. The molecule has 6 nitrogen and oxygen atoms in total. The highest BCUT2D eigenvalue weighted by atomic mass is 35.5. The van der Waals surface area contributed by atoms with E-state index in [2.05, 4.69) is 10.6 Å². The topological polar surface area (TPSA) is 95.5 Å². The van der Waals surface area contributed by atoms with E-state index in [0.717, 1.165) is 12.5 Å². The molecule has 2 amide bonds. The van der Waals surface area contributed by atoms with Crippen molar-refractivity contribution in [1.82, 2.24) is 10.6 Å².